The Morgan fingerprint density at radius 1 is 1.36 bits per heavy atom. The van der Waals surface area contributed by atoms with Crippen molar-refractivity contribution in [3.05, 3.63) is 46.8 Å². The molecule has 0 aliphatic carbocycles. The van der Waals surface area contributed by atoms with E-state index in [0.717, 1.165) is 17.0 Å². The number of hydrogen-bond acceptors (Lipinski definition) is 4. The van der Waals surface area contributed by atoms with Crippen LogP contribution in [-0.2, 0) is 9.59 Å². The number of carboxylic acid groups (broad SMARTS) is 1. The van der Waals surface area contributed by atoms with Crippen molar-refractivity contribution in [2.45, 2.75) is 45.4 Å². The lowest BCUT2D eigenvalue weighted by Crippen LogP contribution is -2.38. The summed E-state index contributed by atoms with van der Waals surface area (Å²) in [5.74, 6) is -0.682. The number of anilines is 1. The van der Waals surface area contributed by atoms with E-state index in [0.29, 0.717) is 30.6 Å². The average Bonchev–Trinajstić information content (AvgIpc) is 2.92. The van der Waals surface area contributed by atoms with Crippen molar-refractivity contribution in [2.75, 3.05) is 11.4 Å². The van der Waals surface area contributed by atoms with Gasteiger partial charge in [0.1, 0.15) is 5.76 Å². The second-order valence-corrected chi connectivity index (χ2v) is 6.63. The molecule has 2 heterocycles. The topological polar surface area (TPSA) is 83.6 Å². The zero-order chi connectivity index (χ0) is 18.1. The first-order valence-corrected chi connectivity index (χ1v) is 8.45. The Balaban J connectivity index is 1.83. The van der Waals surface area contributed by atoms with Gasteiger partial charge in [0, 0.05) is 24.2 Å². The Kier molecular flexibility index (Phi) is 4.61. The smallest absolute Gasteiger partial charge is 0.311 e. The molecule has 2 unspecified atom stereocenters. The summed E-state index contributed by atoms with van der Waals surface area (Å²) in [6.07, 6.45) is 0.757. The third-order valence-electron chi connectivity index (χ3n) is 4.91. The monoisotopic (exact) mass is 342 g/mol. The summed E-state index contributed by atoms with van der Waals surface area (Å²) in [7, 11) is 0. The standard InChI is InChI=1S/C19H22N2O4/c1-11(18-12(2)20-25-13(18)3)10-17(22)21-9-8-15(19(23)24)14-6-4-5-7-16(14)21/h4-7,11,15H,8-10H2,1-3H3,(H,23,24). The van der Waals surface area contributed by atoms with E-state index in [-0.39, 0.29) is 11.8 Å². The van der Waals surface area contributed by atoms with Crippen LogP contribution in [-0.4, -0.2) is 28.7 Å². The number of carbonyl (C=O) groups is 2. The van der Waals surface area contributed by atoms with Crippen LogP contribution in [0.25, 0.3) is 0 Å². The van der Waals surface area contributed by atoms with E-state index in [1.54, 1.807) is 11.0 Å². The molecule has 0 saturated heterocycles. The minimum absolute atomic E-state index is 0.0104. The predicted molar refractivity (Wildman–Crippen MR) is 92.8 cm³/mol. The van der Waals surface area contributed by atoms with E-state index in [1.807, 2.05) is 39.0 Å². The highest BCUT2D eigenvalue weighted by Crippen LogP contribution is 2.36. The molecule has 0 spiro atoms. The first-order valence-electron chi connectivity index (χ1n) is 8.45. The van der Waals surface area contributed by atoms with Crippen molar-refractivity contribution in [1.29, 1.82) is 0 Å². The van der Waals surface area contributed by atoms with Crippen molar-refractivity contribution >= 4 is 17.6 Å². The first-order chi connectivity index (χ1) is 11.9. The fourth-order valence-corrected chi connectivity index (χ4v) is 3.75. The summed E-state index contributed by atoms with van der Waals surface area (Å²) in [4.78, 5) is 26.1. The maximum atomic E-state index is 12.9. The van der Waals surface area contributed by atoms with Crippen LogP contribution in [0, 0.1) is 13.8 Å². The molecule has 3 rings (SSSR count). The molecule has 0 saturated carbocycles. The molecule has 1 aromatic carbocycles. The highest BCUT2D eigenvalue weighted by Gasteiger charge is 2.33. The number of aryl methyl sites for hydroxylation is 2. The SMILES string of the molecule is Cc1noc(C)c1C(C)CC(=O)N1CCC(C(=O)O)c2ccccc21. The number of fused-ring (bicyclic) bond motifs is 1. The molecule has 1 amide bonds. The van der Waals surface area contributed by atoms with E-state index in [4.69, 9.17) is 4.52 Å². The molecule has 0 bridgehead atoms. The number of amides is 1. The van der Waals surface area contributed by atoms with Crippen molar-refractivity contribution in [2.24, 2.45) is 0 Å². The summed E-state index contributed by atoms with van der Waals surface area (Å²) in [6.45, 7) is 6.13. The van der Waals surface area contributed by atoms with E-state index in [9.17, 15) is 14.7 Å². The number of para-hydroxylation sites is 1. The molecular formula is C19H22N2O4. The van der Waals surface area contributed by atoms with Gasteiger partial charge in [0.25, 0.3) is 0 Å². The molecule has 0 radical (unpaired) electrons. The minimum Gasteiger partial charge on any atom is -0.481 e. The third-order valence-corrected chi connectivity index (χ3v) is 4.91. The summed E-state index contributed by atoms with van der Waals surface area (Å²) in [5, 5.41) is 13.4. The minimum atomic E-state index is -0.844. The molecule has 2 atom stereocenters. The van der Waals surface area contributed by atoms with Gasteiger partial charge in [0.15, 0.2) is 0 Å². The van der Waals surface area contributed by atoms with Gasteiger partial charge in [-0.3, -0.25) is 9.59 Å². The zero-order valence-corrected chi connectivity index (χ0v) is 14.7. The molecular weight excluding hydrogens is 320 g/mol. The maximum absolute atomic E-state index is 12.9. The molecule has 25 heavy (non-hydrogen) atoms. The van der Waals surface area contributed by atoms with Gasteiger partial charge < -0.3 is 14.5 Å². The van der Waals surface area contributed by atoms with Crippen LogP contribution in [0.2, 0.25) is 0 Å². The van der Waals surface area contributed by atoms with Crippen molar-refractivity contribution < 1.29 is 19.2 Å². The molecule has 1 N–H and O–H groups in total. The van der Waals surface area contributed by atoms with E-state index < -0.39 is 11.9 Å². The van der Waals surface area contributed by atoms with Crippen LogP contribution in [0.15, 0.2) is 28.8 Å². The quantitative estimate of drug-likeness (QED) is 0.921. The summed E-state index contributed by atoms with van der Waals surface area (Å²) in [6, 6.07) is 7.27. The van der Waals surface area contributed by atoms with Crippen LogP contribution >= 0.6 is 0 Å². The van der Waals surface area contributed by atoms with Crippen molar-refractivity contribution in [3.63, 3.8) is 0 Å². The highest BCUT2D eigenvalue weighted by atomic mass is 16.5. The first kappa shape index (κ1) is 17.2. The van der Waals surface area contributed by atoms with Gasteiger partial charge in [0.05, 0.1) is 11.6 Å². The Morgan fingerprint density at radius 2 is 2.08 bits per heavy atom. The molecule has 1 aromatic heterocycles. The van der Waals surface area contributed by atoms with Gasteiger partial charge in [0.2, 0.25) is 5.91 Å². The van der Waals surface area contributed by atoms with Gasteiger partial charge in [-0.15, -0.1) is 0 Å². The molecule has 132 valence electrons. The van der Waals surface area contributed by atoms with Gasteiger partial charge in [-0.1, -0.05) is 30.3 Å². The number of nitrogens with zero attached hydrogens (tertiary/aromatic N) is 2. The molecule has 2 aromatic rings. The predicted octanol–water partition coefficient (Wildman–Crippen LogP) is 3.39. The number of benzene rings is 1. The van der Waals surface area contributed by atoms with E-state index in [1.165, 1.54) is 0 Å². The lowest BCUT2D eigenvalue weighted by atomic mass is 9.89. The fourth-order valence-electron chi connectivity index (χ4n) is 3.75. The molecule has 0 fully saturated rings. The average molecular weight is 342 g/mol. The van der Waals surface area contributed by atoms with Gasteiger partial charge in [-0.05, 0) is 37.8 Å². The summed E-state index contributed by atoms with van der Waals surface area (Å²) in [5.41, 5.74) is 3.20. The summed E-state index contributed by atoms with van der Waals surface area (Å²) >= 11 is 0. The number of hydrogen-bond donors (Lipinski definition) is 1. The van der Waals surface area contributed by atoms with E-state index in [2.05, 4.69) is 5.16 Å². The fraction of sp³-hybridized carbons (Fsp3) is 0.421. The number of rotatable bonds is 4. The molecule has 1 aliphatic heterocycles. The van der Waals surface area contributed by atoms with Crippen molar-refractivity contribution in [1.82, 2.24) is 5.16 Å². The van der Waals surface area contributed by atoms with Gasteiger partial charge in [-0.2, -0.15) is 0 Å². The second kappa shape index (κ2) is 6.70. The molecule has 6 heteroatoms. The Labute approximate surface area is 146 Å². The third kappa shape index (κ3) is 3.16. The van der Waals surface area contributed by atoms with Crippen LogP contribution in [0.3, 0.4) is 0 Å². The summed E-state index contributed by atoms with van der Waals surface area (Å²) < 4.78 is 5.20. The van der Waals surface area contributed by atoms with Crippen LogP contribution < -0.4 is 4.90 Å². The van der Waals surface area contributed by atoms with Crippen LogP contribution in [0.4, 0.5) is 5.69 Å². The molecule has 6 nitrogen and oxygen atoms in total. The Bertz CT molecular complexity index is 792. The van der Waals surface area contributed by atoms with E-state index >= 15 is 0 Å². The molecule has 1 aliphatic rings. The lowest BCUT2D eigenvalue weighted by molar-refractivity contribution is -0.139. The second-order valence-electron chi connectivity index (χ2n) is 6.63. The van der Waals surface area contributed by atoms with Crippen LogP contribution in [0.1, 0.15) is 54.2 Å². The van der Waals surface area contributed by atoms with Crippen molar-refractivity contribution in [3.8, 4) is 0 Å². The van der Waals surface area contributed by atoms with Gasteiger partial charge in [-0.25, -0.2) is 0 Å². The maximum Gasteiger partial charge on any atom is 0.311 e. The zero-order valence-electron chi connectivity index (χ0n) is 14.7. The number of aromatic nitrogens is 1. The number of carbonyl (C=O) groups excluding carboxylic acids is 1. The number of carboxylic acids is 1. The van der Waals surface area contributed by atoms with Crippen LogP contribution in [0.5, 0.6) is 0 Å². The Hall–Kier alpha value is -2.63. The Morgan fingerprint density at radius 3 is 2.72 bits per heavy atom. The number of aliphatic carboxylic acids is 1. The largest absolute Gasteiger partial charge is 0.481 e. The van der Waals surface area contributed by atoms with Gasteiger partial charge >= 0.3 is 5.97 Å². The highest BCUT2D eigenvalue weighted by molar-refractivity contribution is 5.96. The normalized spacial score (nSPS) is 17.9. The lowest BCUT2D eigenvalue weighted by Gasteiger charge is -2.33.